The molecule has 16 heavy (non-hydrogen) atoms. The van der Waals surface area contributed by atoms with Crippen molar-refractivity contribution >= 4 is 0 Å². The van der Waals surface area contributed by atoms with Gasteiger partial charge in [0.05, 0.1) is 6.61 Å². The predicted molar refractivity (Wildman–Crippen MR) is 47.6 cm³/mol. The molecular formula is C8H12F3N3O2. The molecule has 1 aromatic rings. The molecule has 0 unspecified atom stereocenters. The summed E-state index contributed by atoms with van der Waals surface area (Å²) in [5, 5.41) is 10.0. The summed E-state index contributed by atoms with van der Waals surface area (Å²) in [4.78, 5) is 0. The molecule has 5 nitrogen and oxygen atoms in total. The van der Waals surface area contributed by atoms with Gasteiger partial charge in [0.1, 0.15) is 18.0 Å². The van der Waals surface area contributed by atoms with E-state index in [9.17, 15) is 13.2 Å². The third-order valence-corrected chi connectivity index (χ3v) is 1.73. The van der Waals surface area contributed by atoms with Crippen LogP contribution in [0.4, 0.5) is 13.2 Å². The molecule has 0 aliphatic carbocycles. The smallest absolute Gasteiger partial charge is 0.371 e. The largest absolute Gasteiger partial charge is 0.411 e. The third-order valence-electron chi connectivity index (χ3n) is 1.73. The molecule has 1 N–H and O–H groups in total. The molecule has 1 aromatic heterocycles. The molecule has 0 radical (unpaired) electrons. The molecule has 0 saturated carbocycles. The van der Waals surface area contributed by atoms with Crippen LogP contribution >= 0.6 is 0 Å². The molecule has 92 valence electrons. The SMILES string of the molecule is Cc1nonc1CNCCOCC(F)(F)F. The van der Waals surface area contributed by atoms with Gasteiger partial charge >= 0.3 is 6.18 Å². The summed E-state index contributed by atoms with van der Waals surface area (Å²) in [5.41, 5.74) is 1.29. The summed E-state index contributed by atoms with van der Waals surface area (Å²) in [6, 6.07) is 0. The summed E-state index contributed by atoms with van der Waals surface area (Å²) in [6.45, 7) is 1.20. The van der Waals surface area contributed by atoms with Gasteiger partial charge in [-0.15, -0.1) is 0 Å². The number of nitrogens with zero attached hydrogens (tertiary/aromatic N) is 2. The lowest BCUT2D eigenvalue weighted by Gasteiger charge is -2.07. The number of halogens is 3. The molecule has 0 bridgehead atoms. The molecule has 0 aliphatic heterocycles. The first-order chi connectivity index (χ1) is 7.49. The molecule has 0 aromatic carbocycles. The van der Waals surface area contributed by atoms with Crippen LogP contribution in [0.3, 0.4) is 0 Å². The van der Waals surface area contributed by atoms with Crippen molar-refractivity contribution < 1.29 is 22.5 Å². The second-order valence-corrected chi connectivity index (χ2v) is 3.14. The van der Waals surface area contributed by atoms with Gasteiger partial charge in [-0.05, 0) is 6.92 Å². The second-order valence-electron chi connectivity index (χ2n) is 3.14. The van der Waals surface area contributed by atoms with Crippen molar-refractivity contribution in [3.8, 4) is 0 Å². The molecule has 1 rings (SSSR count). The van der Waals surface area contributed by atoms with Crippen LogP contribution in [0.2, 0.25) is 0 Å². The van der Waals surface area contributed by atoms with E-state index in [1.54, 1.807) is 6.92 Å². The van der Waals surface area contributed by atoms with E-state index in [1.165, 1.54) is 0 Å². The van der Waals surface area contributed by atoms with Gasteiger partial charge in [-0.25, -0.2) is 4.63 Å². The van der Waals surface area contributed by atoms with E-state index >= 15 is 0 Å². The normalized spacial score (nSPS) is 12.0. The van der Waals surface area contributed by atoms with E-state index in [-0.39, 0.29) is 6.61 Å². The average molecular weight is 239 g/mol. The minimum absolute atomic E-state index is 0.0101. The lowest BCUT2D eigenvalue weighted by atomic mass is 10.3. The van der Waals surface area contributed by atoms with Crippen molar-refractivity contribution in [2.75, 3.05) is 19.8 Å². The van der Waals surface area contributed by atoms with Crippen LogP contribution in [-0.4, -0.2) is 36.2 Å². The lowest BCUT2D eigenvalue weighted by Crippen LogP contribution is -2.23. The van der Waals surface area contributed by atoms with Gasteiger partial charge in [0, 0.05) is 13.1 Å². The van der Waals surface area contributed by atoms with Crippen molar-refractivity contribution in [1.82, 2.24) is 15.6 Å². The van der Waals surface area contributed by atoms with Crippen molar-refractivity contribution in [3.05, 3.63) is 11.4 Å². The van der Waals surface area contributed by atoms with Gasteiger partial charge in [-0.3, -0.25) is 0 Å². The van der Waals surface area contributed by atoms with Gasteiger partial charge in [-0.1, -0.05) is 10.3 Å². The topological polar surface area (TPSA) is 60.2 Å². The van der Waals surface area contributed by atoms with Crippen LogP contribution in [0, 0.1) is 6.92 Å². The Morgan fingerprint density at radius 3 is 2.69 bits per heavy atom. The third kappa shape index (κ3) is 5.08. The van der Waals surface area contributed by atoms with Crippen molar-refractivity contribution in [2.24, 2.45) is 0 Å². The molecular weight excluding hydrogens is 227 g/mol. The number of aryl methyl sites for hydroxylation is 1. The highest BCUT2D eigenvalue weighted by Crippen LogP contribution is 2.13. The van der Waals surface area contributed by atoms with E-state index in [0.29, 0.717) is 24.5 Å². The van der Waals surface area contributed by atoms with Crippen LogP contribution in [0.1, 0.15) is 11.4 Å². The van der Waals surface area contributed by atoms with E-state index in [1.807, 2.05) is 0 Å². The summed E-state index contributed by atoms with van der Waals surface area (Å²) >= 11 is 0. The lowest BCUT2D eigenvalue weighted by molar-refractivity contribution is -0.173. The molecule has 0 aliphatic rings. The fourth-order valence-electron chi connectivity index (χ4n) is 0.949. The Balaban J connectivity index is 2.03. The van der Waals surface area contributed by atoms with Crippen LogP contribution in [0.5, 0.6) is 0 Å². The number of ether oxygens (including phenoxy) is 1. The predicted octanol–water partition coefficient (Wildman–Crippen LogP) is 1.05. The van der Waals surface area contributed by atoms with E-state index in [2.05, 4.69) is 25.0 Å². The summed E-state index contributed by atoms with van der Waals surface area (Å²) < 4.78 is 43.8. The number of hydrogen-bond donors (Lipinski definition) is 1. The van der Waals surface area contributed by atoms with Gasteiger partial charge in [0.25, 0.3) is 0 Å². The minimum Gasteiger partial charge on any atom is -0.371 e. The fraction of sp³-hybridized carbons (Fsp3) is 0.750. The highest BCUT2D eigenvalue weighted by atomic mass is 19.4. The minimum atomic E-state index is -4.27. The quantitative estimate of drug-likeness (QED) is 0.752. The van der Waals surface area contributed by atoms with E-state index < -0.39 is 12.8 Å². The summed E-state index contributed by atoms with van der Waals surface area (Å²) in [7, 11) is 0. The maximum Gasteiger partial charge on any atom is 0.411 e. The maximum absolute atomic E-state index is 11.7. The molecule has 0 atom stereocenters. The molecule has 0 fully saturated rings. The van der Waals surface area contributed by atoms with Gasteiger partial charge in [0.2, 0.25) is 0 Å². The van der Waals surface area contributed by atoms with Crippen molar-refractivity contribution in [3.63, 3.8) is 0 Å². The van der Waals surface area contributed by atoms with E-state index in [4.69, 9.17) is 0 Å². The summed E-state index contributed by atoms with van der Waals surface area (Å²) in [6.07, 6.45) is -4.27. The highest BCUT2D eigenvalue weighted by Gasteiger charge is 2.27. The Morgan fingerprint density at radius 2 is 2.12 bits per heavy atom. The highest BCUT2D eigenvalue weighted by molar-refractivity contribution is 5.03. The number of rotatable bonds is 6. The zero-order chi connectivity index (χ0) is 12.0. The van der Waals surface area contributed by atoms with Gasteiger partial charge < -0.3 is 10.1 Å². The average Bonchev–Trinajstić information content (AvgIpc) is 2.56. The number of aromatic nitrogens is 2. The first-order valence-corrected chi connectivity index (χ1v) is 4.62. The van der Waals surface area contributed by atoms with Crippen LogP contribution in [0.15, 0.2) is 4.63 Å². The van der Waals surface area contributed by atoms with Gasteiger partial charge in [-0.2, -0.15) is 13.2 Å². The van der Waals surface area contributed by atoms with E-state index in [0.717, 1.165) is 0 Å². The number of hydrogen-bond acceptors (Lipinski definition) is 5. The zero-order valence-corrected chi connectivity index (χ0v) is 8.67. The van der Waals surface area contributed by atoms with Crippen molar-refractivity contribution in [2.45, 2.75) is 19.6 Å². The van der Waals surface area contributed by atoms with Gasteiger partial charge in [0.15, 0.2) is 0 Å². The molecule has 0 saturated heterocycles. The zero-order valence-electron chi connectivity index (χ0n) is 8.67. The Kier molecular flexibility index (Phi) is 4.69. The Labute approximate surface area is 89.9 Å². The Bertz CT molecular complexity index is 314. The Morgan fingerprint density at radius 1 is 1.38 bits per heavy atom. The van der Waals surface area contributed by atoms with Crippen LogP contribution < -0.4 is 5.32 Å². The van der Waals surface area contributed by atoms with Crippen LogP contribution in [-0.2, 0) is 11.3 Å². The fourth-order valence-corrected chi connectivity index (χ4v) is 0.949. The maximum atomic E-state index is 11.7. The van der Waals surface area contributed by atoms with Crippen molar-refractivity contribution in [1.29, 1.82) is 0 Å². The molecule has 0 amide bonds. The first-order valence-electron chi connectivity index (χ1n) is 4.62. The Hall–Kier alpha value is -1.15. The van der Waals surface area contributed by atoms with Crippen LogP contribution in [0.25, 0.3) is 0 Å². The number of alkyl halides is 3. The number of nitrogens with one attached hydrogen (secondary N) is 1. The first kappa shape index (κ1) is 12.9. The summed E-state index contributed by atoms with van der Waals surface area (Å²) in [5.74, 6) is 0. The molecule has 1 heterocycles. The second kappa shape index (κ2) is 5.80. The standard InChI is InChI=1S/C8H12F3N3O2/c1-6-7(14-16-13-6)4-12-2-3-15-5-8(9,10)11/h12H,2-5H2,1H3. The monoisotopic (exact) mass is 239 g/mol. The molecule has 0 spiro atoms. The molecule has 8 heteroatoms.